The number of hydrogen-bond donors (Lipinski definition) is 1. The van der Waals surface area contributed by atoms with Crippen molar-refractivity contribution >= 4 is 35.0 Å². The van der Waals surface area contributed by atoms with Crippen LogP contribution >= 0.6 is 23.4 Å². The van der Waals surface area contributed by atoms with Gasteiger partial charge in [-0.2, -0.15) is 13.2 Å². The van der Waals surface area contributed by atoms with Crippen molar-refractivity contribution in [2.24, 2.45) is 0 Å². The summed E-state index contributed by atoms with van der Waals surface area (Å²) in [6.07, 6.45) is -2.67. The molecular formula is C21H27ClF3N5OS. The molecule has 0 bridgehead atoms. The van der Waals surface area contributed by atoms with Crippen molar-refractivity contribution in [3.05, 3.63) is 34.6 Å². The van der Waals surface area contributed by atoms with Crippen LogP contribution in [0, 0.1) is 0 Å². The number of carbonyl (C=O) groups is 1. The Morgan fingerprint density at radius 1 is 1.34 bits per heavy atom. The van der Waals surface area contributed by atoms with Crippen LogP contribution in [0.4, 0.5) is 18.9 Å². The number of likely N-dealkylation sites (tertiary alicyclic amines) is 1. The van der Waals surface area contributed by atoms with Gasteiger partial charge in [0.2, 0.25) is 5.91 Å². The number of alkyl halides is 3. The van der Waals surface area contributed by atoms with Crippen LogP contribution < -0.4 is 5.32 Å². The normalized spacial score (nSPS) is 17.7. The Morgan fingerprint density at radius 3 is 2.75 bits per heavy atom. The van der Waals surface area contributed by atoms with Crippen molar-refractivity contribution in [2.45, 2.75) is 56.9 Å². The van der Waals surface area contributed by atoms with Gasteiger partial charge in [-0.3, -0.25) is 9.69 Å². The number of nitrogens with zero attached hydrogens (tertiary/aromatic N) is 4. The summed E-state index contributed by atoms with van der Waals surface area (Å²) >= 11 is 7.65. The Hall–Kier alpha value is -1.78. The molecule has 11 heteroatoms. The van der Waals surface area contributed by atoms with Gasteiger partial charge in [-0.25, -0.2) is 0 Å². The number of rotatable bonds is 7. The lowest BCUT2D eigenvalue weighted by molar-refractivity contribution is -0.137. The highest BCUT2D eigenvalue weighted by molar-refractivity contribution is 7.99. The summed E-state index contributed by atoms with van der Waals surface area (Å²) in [5.74, 6) is 1.55. The standard InChI is InChI=1S/C21H27ClF3N5OS/c1-4-32-20-28-27-19(30(20)13(2)3)14-6-5-9-29(11-14)12-18(31)26-17-10-15(21(23,24)25)7-8-16(17)22/h7-8,10,13-14H,4-6,9,11-12H2,1-3H3,(H,26,31). The Balaban J connectivity index is 1.68. The lowest BCUT2D eigenvalue weighted by Crippen LogP contribution is -2.40. The number of amides is 1. The van der Waals surface area contributed by atoms with Gasteiger partial charge < -0.3 is 9.88 Å². The van der Waals surface area contributed by atoms with E-state index >= 15 is 0 Å². The maximum absolute atomic E-state index is 13.0. The second-order valence-corrected chi connectivity index (χ2v) is 9.69. The molecule has 0 saturated carbocycles. The zero-order valence-electron chi connectivity index (χ0n) is 18.2. The van der Waals surface area contributed by atoms with Gasteiger partial charge >= 0.3 is 6.18 Å². The minimum Gasteiger partial charge on any atom is -0.324 e. The van der Waals surface area contributed by atoms with Crippen molar-refractivity contribution in [2.75, 3.05) is 30.7 Å². The Kier molecular flexibility index (Phi) is 8.11. The zero-order valence-corrected chi connectivity index (χ0v) is 19.8. The molecule has 176 valence electrons. The van der Waals surface area contributed by atoms with Crippen LogP contribution in [-0.2, 0) is 11.0 Å². The SMILES string of the molecule is CCSc1nnc(C2CCCN(CC(=O)Nc3cc(C(F)(F)F)ccc3Cl)C2)n1C(C)C. The lowest BCUT2D eigenvalue weighted by Gasteiger charge is -2.32. The summed E-state index contributed by atoms with van der Waals surface area (Å²) in [5, 5.41) is 12.3. The van der Waals surface area contributed by atoms with Gasteiger partial charge in [0.05, 0.1) is 22.8 Å². The Morgan fingerprint density at radius 2 is 2.09 bits per heavy atom. The highest BCUT2D eigenvalue weighted by Crippen LogP contribution is 2.34. The summed E-state index contributed by atoms with van der Waals surface area (Å²) in [7, 11) is 0. The Labute approximate surface area is 194 Å². The number of aromatic nitrogens is 3. The maximum Gasteiger partial charge on any atom is 0.416 e. The second-order valence-electron chi connectivity index (χ2n) is 8.05. The van der Waals surface area contributed by atoms with E-state index in [2.05, 4.69) is 40.9 Å². The molecule has 32 heavy (non-hydrogen) atoms. The molecular weight excluding hydrogens is 463 g/mol. The fraction of sp³-hybridized carbons (Fsp3) is 0.571. The van der Waals surface area contributed by atoms with Gasteiger partial charge in [0.1, 0.15) is 5.82 Å². The molecule has 1 aromatic heterocycles. The monoisotopic (exact) mass is 489 g/mol. The van der Waals surface area contributed by atoms with Crippen LogP contribution in [0.15, 0.2) is 23.4 Å². The Bertz CT molecular complexity index is 950. The number of hydrogen-bond acceptors (Lipinski definition) is 5. The van der Waals surface area contributed by atoms with Crippen LogP contribution in [0.5, 0.6) is 0 Å². The predicted molar refractivity (Wildman–Crippen MR) is 120 cm³/mol. The molecule has 1 fully saturated rings. The summed E-state index contributed by atoms with van der Waals surface area (Å²) in [6.45, 7) is 7.69. The highest BCUT2D eigenvalue weighted by Gasteiger charge is 2.32. The van der Waals surface area contributed by atoms with Gasteiger partial charge in [0.25, 0.3) is 0 Å². The minimum absolute atomic E-state index is 0.0409. The van der Waals surface area contributed by atoms with E-state index in [1.165, 1.54) is 0 Å². The first-order valence-electron chi connectivity index (χ1n) is 10.6. The third-order valence-corrected chi connectivity index (χ3v) is 6.44. The number of anilines is 1. The number of benzene rings is 1. The van der Waals surface area contributed by atoms with Crippen molar-refractivity contribution in [1.82, 2.24) is 19.7 Å². The molecule has 3 rings (SSSR count). The fourth-order valence-corrected chi connectivity index (χ4v) is 4.84. The smallest absolute Gasteiger partial charge is 0.324 e. The number of thioether (sulfide) groups is 1. The summed E-state index contributed by atoms with van der Waals surface area (Å²) in [4.78, 5) is 14.6. The molecule has 1 aromatic carbocycles. The van der Waals surface area contributed by atoms with E-state index in [9.17, 15) is 18.0 Å². The molecule has 6 nitrogen and oxygen atoms in total. The fourth-order valence-electron chi connectivity index (χ4n) is 3.88. The highest BCUT2D eigenvalue weighted by atomic mass is 35.5. The quantitative estimate of drug-likeness (QED) is 0.523. The van der Waals surface area contributed by atoms with Crippen LogP contribution in [0.3, 0.4) is 0 Å². The third-order valence-electron chi connectivity index (χ3n) is 5.29. The van der Waals surface area contributed by atoms with Crippen LogP contribution in [-0.4, -0.2) is 51.0 Å². The van der Waals surface area contributed by atoms with Crippen molar-refractivity contribution in [3.63, 3.8) is 0 Å². The third kappa shape index (κ3) is 5.96. The van der Waals surface area contributed by atoms with E-state index in [0.717, 1.165) is 54.3 Å². The minimum atomic E-state index is -4.51. The maximum atomic E-state index is 13.0. The molecule has 1 aliphatic rings. The number of halogens is 4. The van der Waals surface area contributed by atoms with Crippen molar-refractivity contribution in [1.29, 1.82) is 0 Å². The van der Waals surface area contributed by atoms with Crippen molar-refractivity contribution in [3.8, 4) is 0 Å². The summed E-state index contributed by atoms with van der Waals surface area (Å²) < 4.78 is 41.1. The van der Waals surface area contributed by atoms with Gasteiger partial charge in [-0.05, 0) is 57.2 Å². The van der Waals surface area contributed by atoms with Crippen LogP contribution in [0.25, 0.3) is 0 Å². The average Bonchev–Trinajstić information content (AvgIpc) is 3.13. The zero-order chi connectivity index (χ0) is 23.5. The summed E-state index contributed by atoms with van der Waals surface area (Å²) in [5.41, 5.74) is -0.898. The van der Waals surface area contributed by atoms with E-state index < -0.39 is 17.6 Å². The molecule has 0 aliphatic carbocycles. The molecule has 2 heterocycles. The first-order chi connectivity index (χ1) is 15.1. The van der Waals surface area contributed by atoms with E-state index in [4.69, 9.17) is 11.6 Å². The first-order valence-corrected chi connectivity index (χ1v) is 11.9. The lowest BCUT2D eigenvalue weighted by atomic mass is 9.97. The van der Waals surface area contributed by atoms with Crippen LogP contribution in [0.2, 0.25) is 5.02 Å². The second kappa shape index (κ2) is 10.4. The van der Waals surface area contributed by atoms with E-state index in [-0.39, 0.29) is 29.2 Å². The molecule has 1 aliphatic heterocycles. The first kappa shape index (κ1) is 24.9. The molecule has 1 saturated heterocycles. The van der Waals surface area contributed by atoms with E-state index in [0.29, 0.717) is 6.54 Å². The summed E-state index contributed by atoms with van der Waals surface area (Å²) in [6, 6.07) is 3.11. The molecule has 2 aromatic rings. The van der Waals surface area contributed by atoms with Gasteiger partial charge in [-0.1, -0.05) is 30.3 Å². The largest absolute Gasteiger partial charge is 0.416 e. The van der Waals surface area contributed by atoms with Gasteiger partial charge in [-0.15, -0.1) is 10.2 Å². The predicted octanol–water partition coefficient (Wildman–Crippen LogP) is 5.46. The van der Waals surface area contributed by atoms with Crippen LogP contribution in [0.1, 0.15) is 57.0 Å². The average molecular weight is 490 g/mol. The van der Waals surface area contributed by atoms with Gasteiger partial charge in [0, 0.05) is 18.5 Å². The molecule has 1 amide bonds. The van der Waals surface area contributed by atoms with Crippen molar-refractivity contribution < 1.29 is 18.0 Å². The number of nitrogens with one attached hydrogen (secondary N) is 1. The van der Waals surface area contributed by atoms with E-state index in [1.54, 1.807) is 11.8 Å². The number of carbonyl (C=O) groups excluding carboxylic acids is 1. The van der Waals surface area contributed by atoms with Gasteiger partial charge in [0.15, 0.2) is 5.16 Å². The molecule has 0 spiro atoms. The number of piperidine rings is 1. The molecule has 1 atom stereocenters. The molecule has 0 radical (unpaired) electrons. The topological polar surface area (TPSA) is 63.1 Å². The molecule has 1 N–H and O–H groups in total. The molecule has 1 unspecified atom stereocenters. The van der Waals surface area contributed by atoms with E-state index in [1.807, 2.05) is 4.90 Å².